The average Bonchev–Trinajstić information content (AvgIpc) is 3.55. The number of benzene rings is 2. The van der Waals surface area contributed by atoms with E-state index in [-0.39, 0.29) is 23.1 Å². The number of aromatic amines is 1. The van der Waals surface area contributed by atoms with Crippen LogP contribution in [0.5, 0.6) is 5.75 Å². The van der Waals surface area contributed by atoms with Crippen LogP contribution in [0.1, 0.15) is 41.2 Å². The molecule has 0 saturated heterocycles. The van der Waals surface area contributed by atoms with Gasteiger partial charge in [-0.15, -0.1) is 11.8 Å². The molecule has 5 atom stereocenters. The van der Waals surface area contributed by atoms with Gasteiger partial charge in [0.05, 0.1) is 10.6 Å². The predicted molar refractivity (Wildman–Crippen MR) is 138 cm³/mol. The zero-order valence-electron chi connectivity index (χ0n) is 19.3. The molecule has 5 nitrogen and oxygen atoms in total. The summed E-state index contributed by atoms with van der Waals surface area (Å²) in [5.74, 6) is 1.32. The van der Waals surface area contributed by atoms with Crippen molar-refractivity contribution in [1.29, 1.82) is 0 Å². The molecule has 1 aromatic heterocycles. The quantitative estimate of drug-likeness (QED) is 0.357. The van der Waals surface area contributed by atoms with Crippen LogP contribution in [-0.4, -0.2) is 22.7 Å². The minimum atomic E-state index is -4.51. The third-order valence-electron chi connectivity index (χ3n) is 7.60. The van der Waals surface area contributed by atoms with E-state index in [1.165, 1.54) is 36.3 Å². The number of thioether (sulfide) groups is 1. The number of H-pyrrole nitrogens is 1. The highest BCUT2D eigenvalue weighted by Gasteiger charge is 2.55. The molecule has 4 unspecified atom stereocenters. The van der Waals surface area contributed by atoms with Gasteiger partial charge in [-0.25, -0.2) is 0 Å². The Balaban J connectivity index is 1.27. The molecule has 2 fully saturated rings. The maximum absolute atomic E-state index is 13.0. The third kappa shape index (κ3) is 4.68. The van der Waals surface area contributed by atoms with E-state index < -0.39 is 17.6 Å². The number of nitrogens with one attached hydrogen (secondary N) is 2. The molecular formula is C26H22ClF3N2O3S2. The lowest BCUT2D eigenvalue weighted by molar-refractivity contribution is -0.137. The smallest absolute Gasteiger partial charge is 0.416 e. The highest BCUT2D eigenvalue weighted by molar-refractivity contribution is 8.00. The maximum atomic E-state index is 13.0. The van der Waals surface area contributed by atoms with E-state index in [9.17, 15) is 22.8 Å². The number of hydrogen-bond donors (Lipinski definition) is 2. The monoisotopic (exact) mass is 566 g/mol. The van der Waals surface area contributed by atoms with E-state index in [1.807, 2.05) is 6.07 Å². The lowest BCUT2D eigenvalue weighted by Gasteiger charge is -2.40. The van der Waals surface area contributed by atoms with Gasteiger partial charge >= 0.3 is 11.0 Å². The van der Waals surface area contributed by atoms with Crippen molar-refractivity contribution < 1.29 is 22.7 Å². The number of fused-ring (bicyclic) bond motifs is 6. The van der Waals surface area contributed by atoms with Gasteiger partial charge in [-0.2, -0.15) is 13.2 Å². The molecule has 2 aromatic carbocycles. The Kier molecular flexibility index (Phi) is 6.32. The summed E-state index contributed by atoms with van der Waals surface area (Å²) >= 11 is 9.40. The van der Waals surface area contributed by atoms with Crippen molar-refractivity contribution in [3.63, 3.8) is 0 Å². The Hall–Kier alpha value is -2.43. The fourth-order valence-electron chi connectivity index (χ4n) is 6.21. The summed E-state index contributed by atoms with van der Waals surface area (Å²) in [6, 6.07) is 9.71. The van der Waals surface area contributed by atoms with Gasteiger partial charge in [-0.05, 0) is 73.4 Å². The SMILES string of the molecule is O=C(COc1ccc(Cl)cc1[C@H]1c2sc(=O)[nH]c2SC2C3CCC(C3)C21)Nc1cccc(C(F)(F)F)c1. The molecule has 3 aromatic rings. The molecule has 2 saturated carbocycles. The first-order chi connectivity index (χ1) is 17.7. The fraction of sp³-hybridized carbons (Fsp3) is 0.385. The number of hydrogen-bond acceptors (Lipinski definition) is 5. The van der Waals surface area contributed by atoms with E-state index in [0.717, 1.165) is 34.0 Å². The molecule has 2 bridgehead atoms. The van der Waals surface area contributed by atoms with Gasteiger partial charge in [-0.1, -0.05) is 29.0 Å². The van der Waals surface area contributed by atoms with Crippen molar-refractivity contribution >= 4 is 46.3 Å². The van der Waals surface area contributed by atoms with E-state index in [0.29, 0.717) is 33.8 Å². The fourth-order valence-corrected chi connectivity index (χ4v) is 9.27. The second-order valence-electron chi connectivity index (χ2n) is 9.78. The zero-order valence-corrected chi connectivity index (χ0v) is 21.7. The van der Waals surface area contributed by atoms with Gasteiger partial charge in [0.1, 0.15) is 5.75 Å². The minimum absolute atomic E-state index is 0.0376. The Morgan fingerprint density at radius 3 is 2.78 bits per heavy atom. The zero-order chi connectivity index (χ0) is 25.9. The number of halogens is 4. The van der Waals surface area contributed by atoms with Crippen molar-refractivity contribution in [2.24, 2.45) is 17.8 Å². The predicted octanol–water partition coefficient (Wildman–Crippen LogP) is 6.78. The number of aromatic nitrogens is 1. The van der Waals surface area contributed by atoms with E-state index in [2.05, 4.69) is 10.3 Å². The van der Waals surface area contributed by atoms with Crippen molar-refractivity contribution in [3.8, 4) is 5.75 Å². The van der Waals surface area contributed by atoms with Gasteiger partial charge in [-0.3, -0.25) is 9.59 Å². The molecule has 2 aliphatic carbocycles. The minimum Gasteiger partial charge on any atom is -0.483 e. The van der Waals surface area contributed by atoms with Crippen LogP contribution >= 0.6 is 34.7 Å². The first kappa shape index (κ1) is 24.9. The molecule has 194 valence electrons. The summed E-state index contributed by atoms with van der Waals surface area (Å²) in [6.45, 7) is -0.386. The number of carbonyl (C=O) groups excluding carboxylic acids is 1. The summed E-state index contributed by atoms with van der Waals surface area (Å²) in [5, 5.41) is 4.31. The molecule has 1 aliphatic heterocycles. The van der Waals surface area contributed by atoms with Crippen LogP contribution in [0.25, 0.3) is 0 Å². The first-order valence-electron chi connectivity index (χ1n) is 12.0. The second kappa shape index (κ2) is 9.39. The van der Waals surface area contributed by atoms with E-state index >= 15 is 0 Å². The molecule has 3 aliphatic rings. The van der Waals surface area contributed by atoms with E-state index in [4.69, 9.17) is 16.3 Å². The second-order valence-corrected chi connectivity index (χ2v) is 12.4. The van der Waals surface area contributed by atoms with Crippen molar-refractivity contribution in [2.45, 2.75) is 41.6 Å². The summed E-state index contributed by atoms with van der Waals surface area (Å²) in [5.41, 5.74) is 0.0254. The Bertz CT molecular complexity index is 1420. The Morgan fingerprint density at radius 2 is 1.97 bits per heavy atom. The lowest BCUT2D eigenvalue weighted by Crippen LogP contribution is -2.34. The van der Waals surface area contributed by atoms with Gasteiger partial charge < -0.3 is 15.0 Å². The highest BCUT2D eigenvalue weighted by atomic mass is 35.5. The van der Waals surface area contributed by atoms with Crippen LogP contribution < -0.4 is 14.9 Å². The number of rotatable bonds is 5. The summed E-state index contributed by atoms with van der Waals surface area (Å²) in [7, 11) is 0. The molecule has 0 spiro atoms. The van der Waals surface area contributed by atoms with Gasteiger partial charge in [0.25, 0.3) is 5.91 Å². The number of thiazole rings is 1. The normalized spacial score (nSPS) is 26.0. The Morgan fingerprint density at radius 1 is 1.16 bits per heavy atom. The van der Waals surface area contributed by atoms with Crippen LogP contribution in [0.3, 0.4) is 0 Å². The van der Waals surface area contributed by atoms with Gasteiger partial charge in [0, 0.05) is 32.3 Å². The first-order valence-corrected chi connectivity index (χ1v) is 14.0. The van der Waals surface area contributed by atoms with E-state index in [1.54, 1.807) is 23.9 Å². The van der Waals surface area contributed by atoms with Crippen LogP contribution in [0, 0.1) is 17.8 Å². The number of alkyl halides is 3. The van der Waals surface area contributed by atoms with Crippen LogP contribution in [0.4, 0.5) is 18.9 Å². The number of anilines is 1. The largest absolute Gasteiger partial charge is 0.483 e. The Labute approximate surface area is 223 Å². The molecule has 37 heavy (non-hydrogen) atoms. The van der Waals surface area contributed by atoms with Gasteiger partial charge in [0.2, 0.25) is 0 Å². The van der Waals surface area contributed by atoms with Crippen LogP contribution in [0.15, 0.2) is 52.3 Å². The number of amides is 1. The topological polar surface area (TPSA) is 71.2 Å². The third-order valence-corrected chi connectivity index (χ3v) is 10.5. The summed E-state index contributed by atoms with van der Waals surface area (Å²) in [4.78, 5) is 28.8. The molecule has 2 N–H and O–H groups in total. The molecular weight excluding hydrogens is 545 g/mol. The molecule has 6 rings (SSSR count). The molecule has 11 heteroatoms. The molecule has 2 heterocycles. The summed E-state index contributed by atoms with van der Waals surface area (Å²) in [6.07, 6.45) is -0.973. The average molecular weight is 567 g/mol. The number of carbonyl (C=O) groups is 1. The molecule has 0 radical (unpaired) electrons. The van der Waals surface area contributed by atoms with Crippen LogP contribution in [-0.2, 0) is 11.0 Å². The number of ether oxygens (including phenoxy) is 1. The summed E-state index contributed by atoms with van der Waals surface area (Å²) < 4.78 is 45.0. The highest BCUT2D eigenvalue weighted by Crippen LogP contribution is 2.64. The van der Waals surface area contributed by atoms with Crippen molar-refractivity contribution in [3.05, 3.63) is 73.2 Å². The van der Waals surface area contributed by atoms with Crippen molar-refractivity contribution in [2.75, 3.05) is 11.9 Å². The van der Waals surface area contributed by atoms with Gasteiger partial charge in [0.15, 0.2) is 6.61 Å². The van der Waals surface area contributed by atoms with Crippen molar-refractivity contribution in [1.82, 2.24) is 4.98 Å². The molecule has 1 amide bonds. The maximum Gasteiger partial charge on any atom is 0.416 e. The lowest BCUT2D eigenvalue weighted by atomic mass is 9.74. The standard InChI is InChI=1S/C26H22ClF3N2O3S2/c27-15-6-7-18(35-11-19(33)31-16-3-1-2-14(9-16)26(28,29)30)17(10-15)21-20-12-4-5-13(8-12)22(20)36-24-23(21)37-25(34)32-24/h1-3,6-7,9-10,12-13,20-22H,4-5,8,11H2,(H,31,33)(H,32,34)/t12?,13?,20?,21-,22?/m1/s1. The van der Waals surface area contributed by atoms with Crippen LogP contribution in [0.2, 0.25) is 5.02 Å².